The number of allylic oxidation sites excluding steroid dienone is 2. The number of anilines is 1. The molecule has 2 N–H and O–H groups in total. The molecule has 1 aromatic heterocycles. The second-order valence-corrected chi connectivity index (χ2v) is 13.3. The molecule has 6 atom stereocenters. The molecule has 6 rings (SSSR count). The van der Waals surface area contributed by atoms with Gasteiger partial charge >= 0.3 is 11.9 Å². The smallest absolute Gasteiger partial charge is 0.343 e. The maximum atomic E-state index is 13.2. The van der Waals surface area contributed by atoms with Gasteiger partial charge in [-0.15, -0.1) is 0 Å². The number of aliphatic imine (C=N–C) groups is 1. The number of benzene rings is 1. The Hall–Kier alpha value is -4.02. The van der Waals surface area contributed by atoms with Crippen LogP contribution in [0.15, 0.2) is 71.2 Å². The van der Waals surface area contributed by atoms with Crippen molar-refractivity contribution < 1.29 is 29.3 Å². The van der Waals surface area contributed by atoms with Crippen molar-refractivity contribution in [2.45, 2.75) is 52.7 Å². The van der Waals surface area contributed by atoms with Crippen molar-refractivity contribution in [1.29, 1.82) is 0 Å². The topological polar surface area (TPSA) is 126 Å². The summed E-state index contributed by atoms with van der Waals surface area (Å²) in [7, 11) is 3.87. The average Bonchev–Trinajstić information content (AvgIpc) is 3.63. The number of cyclic esters (lactones) is 1. The molecule has 4 aliphatic rings. The number of nitrogens with zero attached hydrogens (tertiary/aromatic N) is 4. The third-order valence-corrected chi connectivity index (χ3v) is 10.6. The number of aliphatic hydroxyl groups is 2. The summed E-state index contributed by atoms with van der Waals surface area (Å²) in [6, 6.07) is 7.42. The van der Waals surface area contributed by atoms with Crippen LogP contribution >= 0.6 is 0 Å². The van der Waals surface area contributed by atoms with E-state index in [2.05, 4.69) is 22.6 Å². The Morgan fingerprint density at radius 2 is 2.00 bits per heavy atom. The Kier molecular flexibility index (Phi) is 8.07. The summed E-state index contributed by atoms with van der Waals surface area (Å²) in [5.74, 6) is -0.319. The van der Waals surface area contributed by atoms with Crippen LogP contribution in [0, 0.1) is 28.6 Å². The summed E-state index contributed by atoms with van der Waals surface area (Å²) >= 11 is 0. The van der Waals surface area contributed by atoms with Gasteiger partial charge in [0.1, 0.15) is 11.3 Å². The zero-order valence-electron chi connectivity index (χ0n) is 26.6. The minimum Gasteiger partial charge on any atom is -0.462 e. The van der Waals surface area contributed by atoms with E-state index >= 15 is 0 Å². The van der Waals surface area contributed by atoms with E-state index in [-0.39, 0.29) is 47.7 Å². The van der Waals surface area contributed by atoms with Gasteiger partial charge in [-0.1, -0.05) is 38.1 Å². The molecule has 45 heavy (non-hydrogen) atoms. The van der Waals surface area contributed by atoms with Crippen molar-refractivity contribution in [2.75, 3.05) is 32.2 Å². The molecule has 2 aliphatic heterocycles. The van der Waals surface area contributed by atoms with Crippen molar-refractivity contribution >= 4 is 34.9 Å². The van der Waals surface area contributed by atoms with Crippen molar-refractivity contribution in [3.05, 3.63) is 71.8 Å². The van der Waals surface area contributed by atoms with Gasteiger partial charge in [0, 0.05) is 55.8 Å². The molecule has 3 unspecified atom stereocenters. The van der Waals surface area contributed by atoms with E-state index in [1.165, 1.54) is 0 Å². The lowest BCUT2D eigenvalue weighted by atomic mass is 9.45. The maximum absolute atomic E-state index is 13.2. The quantitative estimate of drug-likeness (QED) is 0.346. The molecular formula is C35H42N4O6. The Bertz CT molecular complexity index is 1620. The number of fused-ring (bicyclic) bond motifs is 3. The third kappa shape index (κ3) is 5.23. The zero-order valence-corrected chi connectivity index (χ0v) is 26.6. The van der Waals surface area contributed by atoms with Crippen molar-refractivity contribution in [1.82, 2.24) is 9.55 Å². The minimum absolute atomic E-state index is 0.0366. The van der Waals surface area contributed by atoms with Crippen LogP contribution in [0.25, 0.3) is 5.57 Å². The van der Waals surface area contributed by atoms with E-state index in [9.17, 15) is 19.8 Å². The summed E-state index contributed by atoms with van der Waals surface area (Å²) in [6.07, 6.45) is 10.6. The number of rotatable bonds is 7. The van der Waals surface area contributed by atoms with E-state index in [1.807, 2.05) is 56.4 Å². The van der Waals surface area contributed by atoms with Crippen LogP contribution < -0.4 is 4.90 Å². The van der Waals surface area contributed by atoms with Crippen LogP contribution in [0.4, 0.5) is 11.6 Å². The van der Waals surface area contributed by atoms with Crippen molar-refractivity contribution in [3.8, 4) is 0 Å². The monoisotopic (exact) mass is 614 g/mol. The van der Waals surface area contributed by atoms with Crippen LogP contribution in [0.2, 0.25) is 0 Å². The summed E-state index contributed by atoms with van der Waals surface area (Å²) in [5, 5.41) is 21.6. The highest BCUT2D eigenvalue weighted by Crippen LogP contribution is 2.61. The van der Waals surface area contributed by atoms with Crippen LogP contribution in [-0.4, -0.2) is 70.8 Å². The van der Waals surface area contributed by atoms with E-state index in [1.54, 1.807) is 25.3 Å². The van der Waals surface area contributed by atoms with Gasteiger partial charge in [0.15, 0.2) is 0 Å². The number of ether oxygens (including phenoxy) is 2. The second-order valence-electron chi connectivity index (χ2n) is 13.3. The largest absolute Gasteiger partial charge is 0.462 e. The van der Waals surface area contributed by atoms with E-state index < -0.39 is 23.5 Å². The fourth-order valence-electron chi connectivity index (χ4n) is 7.97. The molecule has 10 heteroatoms. The molecular weight excluding hydrogens is 572 g/mol. The Balaban J connectivity index is 1.40. The zero-order chi connectivity index (χ0) is 32.1. The summed E-state index contributed by atoms with van der Waals surface area (Å²) in [5.41, 5.74) is 2.12. The highest BCUT2D eigenvalue weighted by molar-refractivity contribution is 6.19. The predicted molar refractivity (Wildman–Crippen MR) is 171 cm³/mol. The first-order valence-electron chi connectivity index (χ1n) is 15.7. The molecule has 1 aromatic carbocycles. The van der Waals surface area contributed by atoms with E-state index in [0.717, 1.165) is 17.8 Å². The van der Waals surface area contributed by atoms with Gasteiger partial charge < -0.3 is 29.2 Å². The first-order valence-corrected chi connectivity index (χ1v) is 15.7. The van der Waals surface area contributed by atoms with Crippen molar-refractivity contribution in [2.24, 2.45) is 33.6 Å². The van der Waals surface area contributed by atoms with Gasteiger partial charge in [0.05, 0.1) is 24.9 Å². The second kappa shape index (κ2) is 11.7. The predicted octanol–water partition coefficient (Wildman–Crippen LogP) is 4.46. The molecule has 0 saturated heterocycles. The number of hydrogen-bond donors (Lipinski definition) is 2. The van der Waals surface area contributed by atoms with Gasteiger partial charge in [-0.2, -0.15) is 0 Å². The van der Waals surface area contributed by atoms with Gasteiger partial charge in [-0.25, -0.2) is 19.6 Å². The Labute approximate surface area is 263 Å². The molecule has 0 amide bonds. The summed E-state index contributed by atoms with van der Waals surface area (Å²) in [6.45, 7) is 6.71. The number of aromatic nitrogens is 2. The fourth-order valence-corrected chi connectivity index (χ4v) is 7.97. The van der Waals surface area contributed by atoms with Gasteiger partial charge in [-0.05, 0) is 67.2 Å². The fraction of sp³-hybridized carbons (Fsp3) is 0.486. The molecule has 2 fully saturated rings. The average molecular weight is 615 g/mol. The SMILES string of the molecule is CCOC(=O)/C(=C1C=C(/C=C/C2C3Cn4ccnc4N=C3CC3[C@]2(C)CC[C@@H](O)[C@@]3(C)CO)C(=O)O/1)c1ccc(N(C)C)cc1. The lowest BCUT2D eigenvalue weighted by Crippen LogP contribution is -2.60. The molecule has 3 heterocycles. The molecule has 2 saturated carbocycles. The number of esters is 2. The highest BCUT2D eigenvalue weighted by atomic mass is 16.6. The van der Waals surface area contributed by atoms with Gasteiger partial charge in [-0.3, -0.25) is 0 Å². The number of imidazole rings is 1. The van der Waals surface area contributed by atoms with E-state index in [0.29, 0.717) is 36.5 Å². The molecule has 0 bridgehead atoms. The molecule has 238 valence electrons. The minimum atomic E-state index is -0.697. The standard InChI is InChI=1S/C35H42N4O6/c1-6-44-32(43)30(21-7-10-23(11-8-21)38(4)5)27-17-22(31(42)45-27)9-12-25-24-19-39-16-15-36-33(39)37-26(24)18-28-34(25,2)14-13-29(41)35(28,3)20-40/h7-12,15-17,24-25,28-29,40-41H,6,13-14,18-20H2,1-5H3/b12-9+,30-27-/t24?,25?,28?,29-,34-,35+/m1/s1. The number of hydrogen-bond acceptors (Lipinski definition) is 9. The van der Waals surface area contributed by atoms with Gasteiger partial charge in [0.2, 0.25) is 5.95 Å². The molecule has 10 nitrogen and oxygen atoms in total. The normalized spacial score (nSPS) is 31.8. The molecule has 2 aromatic rings. The number of aliphatic hydroxyl groups excluding tert-OH is 2. The summed E-state index contributed by atoms with van der Waals surface area (Å²) in [4.78, 5) is 37.7. The number of carbonyl (C=O) groups excluding carboxylic acids is 2. The summed E-state index contributed by atoms with van der Waals surface area (Å²) < 4.78 is 13.1. The molecule has 2 aliphatic carbocycles. The molecule has 0 spiro atoms. The maximum Gasteiger partial charge on any atom is 0.343 e. The van der Waals surface area contributed by atoms with Crippen LogP contribution in [0.5, 0.6) is 0 Å². The Morgan fingerprint density at radius 3 is 2.69 bits per heavy atom. The first-order chi connectivity index (χ1) is 21.5. The number of carbonyl (C=O) groups is 2. The first kappa shape index (κ1) is 31.0. The van der Waals surface area contributed by atoms with E-state index in [4.69, 9.17) is 14.5 Å². The van der Waals surface area contributed by atoms with Crippen LogP contribution in [0.3, 0.4) is 0 Å². The van der Waals surface area contributed by atoms with Crippen LogP contribution in [-0.2, 0) is 25.6 Å². The Morgan fingerprint density at radius 1 is 1.24 bits per heavy atom. The van der Waals surface area contributed by atoms with Crippen LogP contribution in [0.1, 0.15) is 45.6 Å². The lowest BCUT2D eigenvalue weighted by Gasteiger charge is -2.61. The highest BCUT2D eigenvalue weighted by Gasteiger charge is 2.60. The lowest BCUT2D eigenvalue weighted by molar-refractivity contribution is -0.147. The third-order valence-electron chi connectivity index (χ3n) is 10.6. The van der Waals surface area contributed by atoms with Crippen molar-refractivity contribution in [3.63, 3.8) is 0 Å². The molecule has 0 radical (unpaired) electrons. The van der Waals surface area contributed by atoms with Gasteiger partial charge in [0.25, 0.3) is 0 Å².